The smallest absolute Gasteiger partial charge is 0.303 e. The van der Waals surface area contributed by atoms with E-state index in [2.05, 4.69) is 42.1 Å². The van der Waals surface area contributed by atoms with E-state index < -0.39 is 5.97 Å². The van der Waals surface area contributed by atoms with E-state index in [1.165, 1.54) is 0 Å². The molecule has 1 aromatic heterocycles. The first kappa shape index (κ1) is 15.2. The third-order valence-electron chi connectivity index (χ3n) is 2.61. The number of hydrogen-bond donors (Lipinski definition) is 1. The quantitative estimate of drug-likeness (QED) is 0.736. The molecule has 5 nitrogen and oxygen atoms in total. The van der Waals surface area contributed by atoms with Crippen LogP contribution in [0.4, 0.5) is 0 Å². The van der Waals surface area contributed by atoms with Crippen molar-refractivity contribution < 1.29 is 14.3 Å². The Morgan fingerprint density at radius 3 is 2.50 bits per heavy atom. The molecule has 0 unspecified atom stereocenters. The number of halogens is 2. The van der Waals surface area contributed by atoms with Crippen molar-refractivity contribution in [2.75, 3.05) is 0 Å². The van der Waals surface area contributed by atoms with E-state index >= 15 is 0 Å². The van der Waals surface area contributed by atoms with Crippen LogP contribution in [0.25, 0.3) is 11.5 Å². The number of carboxylic acids is 1. The molecular weight excluding hydrogens is 392 g/mol. The molecular formula is C13H12Br2N2O3. The second-order valence-corrected chi connectivity index (χ2v) is 6.09. The summed E-state index contributed by atoms with van der Waals surface area (Å²) >= 11 is 6.81. The van der Waals surface area contributed by atoms with Gasteiger partial charge in [-0.25, -0.2) is 0 Å². The third-order valence-corrected chi connectivity index (χ3v) is 3.52. The van der Waals surface area contributed by atoms with Gasteiger partial charge < -0.3 is 9.52 Å². The van der Waals surface area contributed by atoms with Crippen molar-refractivity contribution in [3.8, 4) is 11.5 Å². The number of nitrogens with zero attached hydrogens (tertiary/aromatic N) is 2. The van der Waals surface area contributed by atoms with Gasteiger partial charge in [-0.1, -0.05) is 31.9 Å². The predicted octanol–water partition coefficient (Wildman–Crippen LogP) is 4.06. The summed E-state index contributed by atoms with van der Waals surface area (Å²) in [6.45, 7) is 0. The van der Waals surface area contributed by atoms with Crippen LogP contribution in [-0.2, 0) is 11.2 Å². The number of aliphatic carboxylic acids is 1. The fourth-order valence-corrected chi connectivity index (χ4v) is 2.99. The summed E-state index contributed by atoms with van der Waals surface area (Å²) in [6.07, 6.45) is 2.08. The maximum Gasteiger partial charge on any atom is 0.303 e. The Kier molecular flexibility index (Phi) is 5.31. The first-order chi connectivity index (χ1) is 9.54. The van der Waals surface area contributed by atoms with E-state index in [1.807, 2.05) is 18.2 Å². The van der Waals surface area contributed by atoms with Gasteiger partial charge in [0, 0.05) is 27.4 Å². The van der Waals surface area contributed by atoms with Crippen molar-refractivity contribution in [3.05, 3.63) is 33.0 Å². The molecule has 2 aromatic rings. The SMILES string of the molecule is O=C(O)CCCCc1nnc(-c2cc(Br)cc(Br)c2)o1. The zero-order valence-electron chi connectivity index (χ0n) is 10.5. The van der Waals surface area contributed by atoms with E-state index in [0.29, 0.717) is 24.6 Å². The highest BCUT2D eigenvalue weighted by molar-refractivity contribution is 9.11. The first-order valence-electron chi connectivity index (χ1n) is 6.05. The molecule has 0 saturated heterocycles. The Bertz CT molecular complexity index is 593. The van der Waals surface area contributed by atoms with Crippen molar-refractivity contribution in [2.45, 2.75) is 25.7 Å². The molecule has 0 fully saturated rings. The normalized spacial score (nSPS) is 10.7. The van der Waals surface area contributed by atoms with Gasteiger partial charge in [0.1, 0.15) is 0 Å². The van der Waals surface area contributed by atoms with Gasteiger partial charge in [0.05, 0.1) is 0 Å². The molecule has 7 heteroatoms. The van der Waals surface area contributed by atoms with Crippen molar-refractivity contribution in [3.63, 3.8) is 0 Å². The summed E-state index contributed by atoms with van der Waals surface area (Å²) in [7, 11) is 0. The molecule has 20 heavy (non-hydrogen) atoms. The van der Waals surface area contributed by atoms with Crippen LogP contribution in [0.5, 0.6) is 0 Å². The first-order valence-corrected chi connectivity index (χ1v) is 7.64. The lowest BCUT2D eigenvalue weighted by atomic mass is 10.2. The molecule has 1 N–H and O–H groups in total. The van der Waals surface area contributed by atoms with Crippen LogP contribution in [0, 0.1) is 0 Å². The van der Waals surface area contributed by atoms with Crippen molar-refractivity contribution in [1.29, 1.82) is 0 Å². The maximum absolute atomic E-state index is 10.4. The van der Waals surface area contributed by atoms with Gasteiger partial charge in [-0.05, 0) is 31.0 Å². The standard InChI is InChI=1S/C13H12Br2N2O3/c14-9-5-8(6-10(15)7-9)13-17-16-11(20-13)3-1-2-4-12(18)19/h5-7H,1-4H2,(H,18,19). The molecule has 0 aliphatic rings. The molecule has 0 saturated carbocycles. The summed E-state index contributed by atoms with van der Waals surface area (Å²) in [5, 5.41) is 16.5. The van der Waals surface area contributed by atoms with Crippen molar-refractivity contribution in [2.24, 2.45) is 0 Å². The molecule has 0 radical (unpaired) electrons. The Morgan fingerprint density at radius 1 is 1.15 bits per heavy atom. The molecule has 0 amide bonds. The fourth-order valence-electron chi connectivity index (χ4n) is 1.70. The summed E-state index contributed by atoms with van der Waals surface area (Å²) in [5.41, 5.74) is 0.829. The van der Waals surface area contributed by atoms with Gasteiger partial charge in [0.25, 0.3) is 0 Å². The molecule has 0 atom stereocenters. The minimum atomic E-state index is -0.782. The monoisotopic (exact) mass is 402 g/mol. The Morgan fingerprint density at radius 2 is 1.85 bits per heavy atom. The second-order valence-electron chi connectivity index (χ2n) is 4.26. The van der Waals surface area contributed by atoms with Crippen LogP contribution in [0.2, 0.25) is 0 Å². The number of aromatic nitrogens is 2. The topological polar surface area (TPSA) is 76.2 Å². The fraction of sp³-hybridized carbons (Fsp3) is 0.308. The average Bonchev–Trinajstić information content (AvgIpc) is 2.82. The van der Waals surface area contributed by atoms with Crippen LogP contribution >= 0.6 is 31.9 Å². The van der Waals surface area contributed by atoms with E-state index in [4.69, 9.17) is 9.52 Å². The number of carboxylic acid groups (broad SMARTS) is 1. The van der Waals surface area contributed by atoms with Crippen LogP contribution < -0.4 is 0 Å². The molecule has 2 rings (SSSR count). The molecule has 1 heterocycles. The molecule has 0 aliphatic heterocycles. The van der Waals surface area contributed by atoms with Gasteiger partial charge in [-0.3, -0.25) is 4.79 Å². The highest BCUT2D eigenvalue weighted by atomic mass is 79.9. The zero-order chi connectivity index (χ0) is 14.5. The number of unbranched alkanes of at least 4 members (excludes halogenated alkanes) is 1. The number of carbonyl (C=O) groups is 1. The van der Waals surface area contributed by atoms with Crippen LogP contribution in [0.15, 0.2) is 31.6 Å². The average molecular weight is 404 g/mol. The van der Waals surface area contributed by atoms with Gasteiger partial charge in [0.15, 0.2) is 0 Å². The van der Waals surface area contributed by atoms with Gasteiger partial charge >= 0.3 is 5.97 Å². The molecule has 0 bridgehead atoms. The number of aryl methyl sites for hydroxylation is 1. The summed E-state index contributed by atoms with van der Waals surface area (Å²) in [5.74, 6) is 0.205. The van der Waals surface area contributed by atoms with Gasteiger partial charge in [-0.2, -0.15) is 0 Å². The van der Waals surface area contributed by atoms with E-state index in [9.17, 15) is 4.79 Å². The maximum atomic E-state index is 10.4. The molecule has 1 aromatic carbocycles. The van der Waals surface area contributed by atoms with E-state index in [-0.39, 0.29) is 6.42 Å². The minimum Gasteiger partial charge on any atom is -0.481 e. The Hall–Kier alpha value is -1.21. The minimum absolute atomic E-state index is 0.166. The van der Waals surface area contributed by atoms with Crippen LogP contribution in [-0.4, -0.2) is 21.3 Å². The number of rotatable bonds is 6. The number of hydrogen-bond acceptors (Lipinski definition) is 4. The summed E-state index contributed by atoms with van der Waals surface area (Å²) < 4.78 is 7.41. The lowest BCUT2D eigenvalue weighted by Gasteiger charge is -1.98. The Balaban J connectivity index is 1.99. The summed E-state index contributed by atoms with van der Waals surface area (Å²) in [4.78, 5) is 10.4. The molecule has 0 spiro atoms. The molecule has 106 valence electrons. The van der Waals surface area contributed by atoms with Crippen LogP contribution in [0.1, 0.15) is 25.2 Å². The van der Waals surface area contributed by atoms with E-state index in [1.54, 1.807) is 0 Å². The largest absolute Gasteiger partial charge is 0.481 e. The van der Waals surface area contributed by atoms with Gasteiger partial charge in [-0.15, -0.1) is 10.2 Å². The van der Waals surface area contributed by atoms with E-state index in [0.717, 1.165) is 20.9 Å². The Labute approximate surface area is 132 Å². The highest BCUT2D eigenvalue weighted by Crippen LogP contribution is 2.27. The van der Waals surface area contributed by atoms with Gasteiger partial charge in [0.2, 0.25) is 11.8 Å². The molecule has 0 aliphatic carbocycles. The number of benzene rings is 1. The van der Waals surface area contributed by atoms with Crippen molar-refractivity contribution >= 4 is 37.8 Å². The third kappa shape index (κ3) is 4.42. The lowest BCUT2D eigenvalue weighted by Crippen LogP contribution is -1.95. The summed E-state index contributed by atoms with van der Waals surface area (Å²) in [6, 6.07) is 5.71. The predicted molar refractivity (Wildman–Crippen MR) is 80.3 cm³/mol. The second kappa shape index (κ2) is 6.99. The van der Waals surface area contributed by atoms with Crippen LogP contribution in [0.3, 0.4) is 0 Å². The highest BCUT2D eigenvalue weighted by Gasteiger charge is 2.10. The lowest BCUT2D eigenvalue weighted by molar-refractivity contribution is -0.137. The van der Waals surface area contributed by atoms with Crippen molar-refractivity contribution in [1.82, 2.24) is 10.2 Å². The zero-order valence-corrected chi connectivity index (χ0v) is 13.6.